The van der Waals surface area contributed by atoms with Gasteiger partial charge in [0, 0.05) is 29.6 Å². The fraction of sp³-hybridized carbons (Fsp3) is 0.947. The summed E-state index contributed by atoms with van der Waals surface area (Å²) in [4.78, 5) is 11.4. The normalized spacial score (nSPS) is 12.4. The molecular formula is C19H38NaO5S. The first kappa shape index (κ1) is 28.6. The Bertz CT molecular complexity index is 426. The van der Waals surface area contributed by atoms with E-state index < -0.39 is 21.3 Å². The van der Waals surface area contributed by atoms with Crippen molar-refractivity contribution < 1.29 is 22.5 Å². The molecule has 1 N–H and O–H groups in total. The summed E-state index contributed by atoms with van der Waals surface area (Å²) in [5, 5.41) is -1.44. The number of rotatable bonds is 17. The molecule has 0 aromatic heterocycles. The third-order valence-corrected chi connectivity index (χ3v) is 5.79. The predicted molar refractivity (Wildman–Crippen MR) is 108 cm³/mol. The van der Waals surface area contributed by atoms with Crippen molar-refractivity contribution in [1.82, 2.24) is 0 Å². The fourth-order valence-corrected chi connectivity index (χ4v) is 3.85. The molecule has 26 heavy (non-hydrogen) atoms. The molecule has 1 unspecified atom stereocenters. The predicted octanol–water partition coefficient (Wildman–Crippen LogP) is 4.91. The minimum atomic E-state index is -4.37. The van der Waals surface area contributed by atoms with Crippen molar-refractivity contribution in [1.29, 1.82) is 0 Å². The number of hydrogen-bond donors (Lipinski definition) is 1. The van der Waals surface area contributed by atoms with Crippen LogP contribution in [0.4, 0.5) is 0 Å². The van der Waals surface area contributed by atoms with Crippen molar-refractivity contribution in [2.24, 2.45) is 0 Å². The third kappa shape index (κ3) is 16.5. The van der Waals surface area contributed by atoms with Crippen LogP contribution in [0.15, 0.2) is 0 Å². The molecule has 0 aliphatic rings. The Labute approximate surface area is 183 Å². The summed E-state index contributed by atoms with van der Waals surface area (Å²) in [6, 6.07) is 0. The van der Waals surface area contributed by atoms with Gasteiger partial charge in [-0.15, -0.1) is 0 Å². The van der Waals surface area contributed by atoms with Crippen LogP contribution in [0.25, 0.3) is 0 Å². The zero-order valence-electron chi connectivity index (χ0n) is 17.2. The van der Waals surface area contributed by atoms with E-state index in [0.717, 1.165) is 26.4 Å². The minimum absolute atomic E-state index is 0. The van der Waals surface area contributed by atoms with Crippen LogP contribution in [0, 0.1) is 0 Å². The summed E-state index contributed by atoms with van der Waals surface area (Å²) >= 11 is 0. The van der Waals surface area contributed by atoms with E-state index >= 15 is 0 Å². The number of hydrogen-bond acceptors (Lipinski definition) is 4. The van der Waals surface area contributed by atoms with Gasteiger partial charge in [-0.05, 0) is 6.42 Å². The largest absolute Gasteiger partial charge is 0.468 e. The topological polar surface area (TPSA) is 80.7 Å². The van der Waals surface area contributed by atoms with Crippen molar-refractivity contribution in [3.8, 4) is 0 Å². The summed E-state index contributed by atoms with van der Waals surface area (Å²) in [6.45, 7) is 2.24. The molecular weight excluding hydrogens is 363 g/mol. The Morgan fingerprint density at radius 1 is 0.808 bits per heavy atom. The molecule has 0 amide bonds. The molecule has 151 valence electrons. The van der Waals surface area contributed by atoms with E-state index in [1.165, 1.54) is 64.2 Å². The van der Waals surface area contributed by atoms with Crippen LogP contribution in [0.2, 0.25) is 0 Å². The second-order valence-corrected chi connectivity index (χ2v) is 8.51. The maximum atomic E-state index is 11.4. The van der Waals surface area contributed by atoms with Crippen molar-refractivity contribution in [3.05, 3.63) is 0 Å². The molecule has 0 rings (SSSR count). The summed E-state index contributed by atoms with van der Waals surface area (Å²) in [7, 11) is -3.24. The number of carbonyl (C=O) groups excluding carboxylic acids is 1. The number of ether oxygens (including phenoxy) is 1. The van der Waals surface area contributed by atoms with Gasteiger partial charge in [-0.1, -0.05) is 96.8 Å². The molecule has 0 fully saturated rings. The Morgan fingerprint density at radius 2 is 1.15 bits per heavy atom. The number of carbonyl (C=O) groups is 1. The summed E-state index contributed by atoms with van der Waals surface area (Å²) < 4.78 is 35.8. The number of methoxy groups -OCH3 is 1. The van der Waals surface area contributed by atoms with Crippen LogP contribution < -0.4 is 0 Å². The second-order valence-electron chi connectivity index (χ2n) is 6.91. The van der Waals surface area contributed by atoms with Gasteiger partial charge in [0.25, 0.3) is 10.1 Å². The van der Waals surface area contributed by atoms with Gasteiger partial charge in [0.05, 0.1) is 7.11 Å². The molecule has 0 saturated carbocycles. The zero-order valence-corrected chi connectivity index (χ0v) is 20.0. The van der Waals surface area contributed by atoms with Crippen LogP contribution in [-0.2, 0) is 19.6 Å². The molecule has 0 aliphatic carbocycles. The average Bonchev–Trinajstić information content (AvgIpc) is 2.56. The molecule has 0 aromatic rings. The average molecular weight is 402 g/mol. The monoisotopic (exact) mass is 401 g/mol. The van der Waals surface area contributed by atoms with E-state index in [2.05, 4.69) is 11.7 Å². The molecule has 0 aliphatic heterocycles. The Balaban J connectivity index is 0. The number of unbranched alkanes of at least 4 members (excludes halogenated alkanes) is 13. The second kappa shape index (κ2) is 18.7. The maximum Gasteiger partial charge on any atom is 0.326 e. The molecule has 7 heteroatoms. The quantitative estimate of drug-likeness (QED) is 0.162. The SMILES string of the molecule is CCCCCCCCCCCCCCCCC(C(=O)OC)S(=O)(=O)O.[Na]. The summed E-state index contributed by atoms with van der Waals surface area (Å²) in [5.41, 5.74) is 0. The zero-order chi connectivity index (χ0) is 19.0. The maximum absolute atomic E-state index is 11.4. The molecule has 0 bridgehead atoms. The van der Waals surface area contributed by atoms with Crippen LogP contribution in [0.3, 0.4) is 0 Å². The first-order chi connectivity index (χ1) is 11.9. The molecule has 1 radical (unpaired) electrons. The van der Waals surface area contributed by atoms with Gasteiger partial charge in [0.2, 0.25) is 0 Å². The van der Waals surface area contributed by atoms with Crippen LogP contribution >= 0.6 is 0 Å². The summed E-state index contributed by atoms with van der Waals surface area (Å²) in [6.07, 6.45) is 17.1. The van der Waals surface area contributed by atoms with E-state index in [-0.39, 0.29) is 36.0 Å². The van der Waals surface area contributed by atoms with Crippen LogP contribution in [-0.4, -0.2) is 60.9 Å². The molecule has 0 spiro atoms. The molecule has 0 aromatic carbocycles. The van der Waals surface area contributed by atoms with E-state index in [4.69, 9.17) is 4.55 Å². The van der Waals surface area contributed by atoms with Crippen molar-refractivity contribution in [2.75, 3.05) is 7.11 Å². The van der Waals surface area contributed by atoms with Crippen LogP contribution in [0.1, 0.15) is 103 Å². The van der Waals surface area contributed by atoms with Crippen molar-refractivity contribution in [3.63, 3.8) is 0 Å². The first-order valence-electron chi connectivity index (χ1n) is 9.97. The molecule has 5 nitrogen and oxygen atoms in total. The van der Waals surface area contributed by atoms with E-state index in [1.54, 1.807) is 0 Å². The Kier molecular flexibility index (Phi) is 20.6. The Hall–Kier alpha value is 0.380. The van der Waals surface area contributed by atoms with Gasteiger partial charge in [0.1, 0.15) is 0 Å². The molecule has 0 heterocycles. The first-order valence-corrected chi connectivity index (χ1v) is 11.5. The van der Waals surface area contributed by atoms with Gasteiger partial charge < -0.3 is 4.74 Å². The standard InChI is InChI=1S/C19H38O5S.Na/c1-3-4-5-6-7-8-9-10-11-12-13-14-15-16-17-18(19(20)24-2)25(21,22)23;/h18H,3-17H2,1-2H3,(H,21,22,23);. The Morgan fingerprint density at radius 3 is 1.46 bits per heavy atom. The van der Waals surface area contributed by atoms with Gasteiger partial charge in [-0.25, -0.2) is 0 Å². The smallest absolute Gasteiger partial charge is 0.326 e. The van der Waals surface area contributed by atoms with Crippen molar-refractivity contribution >= 4 is 45.6 Å². The van der Waals surface area contributed by atoms with Gasteiger partial charge in [0.15, 0.2) is 5.25 Å². The van der Waals surface area contributed by atoms with E-state index in [0.29, 0.717) is 6.42 Å². The molecule has 0 saturated heterocycles. The van der Waals surface area contributed by atoms with Crippen molar-refractivity contribution in [2.45, 2.75) is 108 Å². The number of esters is 1. The van der Waals surface area contributed by atoms with Crippen LogP contribution in [0.5, 0.6) is 0 Å². The minimum Gasteiger partial charge on any atom is -0.468 e. The van der Waals surface area contributed by atoms with Gasteiger partial charge in [-0.3, -0.25) is 9.35 Å². The molecule has 1 atom stereocenters. The fourth-order valence-electron chi connectivity index (χ4n) is 3.04. The van der Waals surface area contributed by atoms with Gasteiger partial charge >= 0.3 is 5.97 Å². The van der Waals surface area contributed by atoms with E-state index in [1.807, 2.05) is 0 Å². The van der Waals surface area contributed by atoms with Gasteiger partial charge in [-0.2, -0.15) is 8.42 Å². The summed E-state index contributed by atoms with van der Waals surface area (Å²) in [5.74, 6) is -0.878. The third-order valence-electron chi connectivity index (χ3n) is 4.64. The van der Waals surface area contributed by atoms with E-state index in [9.17, 15) is 13.2 Å².